The van der Waals surface area contributed by atoms with E-state index < -0.39 is 24.0 Å². The number of amides is 2. The van der Waals surface area contributed by atoms with Crippen molar-refractivity contribution >= 4 is 12.0 Å². The molecule has 1 aliphatic heterocycles. The number of imidazole rings is 1. The molecule has 0 spiro atoms. The summed E-state index contributed by atoms with van der Waals surface area (Å²) in [7, 11) is 0. The number of hydrogen-bond donors (Lipinski definition) is 4. The Labute approximate surface area is 103 Å². The second kappa shape index (κ2) is 5.50. The molecule has 2 atom stereocenters. The molecule has 0 bridgehead atoms. The maximum atomic E-state index is 11.6. The maximum Gasteiger partial charge on any atom is 0.315 e. The Morgan fingerprint density at radius 3 is 3.06 bits per heavy atom. The van der Waals surface area contributed by atoms with E-state index in [0.29, 0.717) is 6.54 Å². The number of urea groups is 1. The minimum atomic E-state index is -0.966. The van der Waals surface area contributed by atoms with Crippen molar-refractivity contribution < 1.29 is 19.4 Å². The zero-order valence-corrected chi connectivity index (χ0v) is 9.55. The zero-order valence-electron chi connectivity index (χ0n) is 9.55. The first-order valence-electron chi connectivity index (χ1n) is 5.49. The molecule has 0 radical (unpaired) electrons. The van der Waals surface area contributed by atoms with Crippen molar-refractivity contribution in [2.45, 2.75) is 12.6 Å². The number of carboxylic acids is 1. The van der Waals surface area contributed by atoms with E-state index in [9.17, 15) is 9.59 Å². The Kier molecular flexibility index (Phi) is 3.78. The van der Waals surface area contributed by atoms with E-state index in [2.05, 4.69) is 20.6 Å². The van der Waals surface area contributed by atoms with Crippen LogP contribution in [0, 0.1) is 5.92 Å². The Hall–Kier alpha value is -2.09. The molecule has 0 aliphatic carbocycles. The molecule has 2 heterocycles. The van der Waals surface area contributed by atoms with Crippen molar-refractivity contribution in [1.82, 2.24) is 20.6 Å². The Morgan fingerprint density at radius 2 is 2.39 bits per heavy atom. The molecule has 18 heavy (non-hydrogen) atoms. The third-order valence-corrected chi connectivity index (χ3v) is 2.71. The van der Waals surface area contributed by atoms with Crippen LogP contribution in [-0.4, -0.2) is 46.3 Å². The Balaban J connectivity index is 1.78. The number of ether oxygens (including phenoxy) is 1. The molecular formula is C10H14N4O4. The monoisotopic (exact) mass is 254 g/mol. The van der Waals surface area contributed by atoms with Crippen LogP contribution in [0.5, 0.6) is 0 Å². The predicted molar refractivity (Wildman–Crippen MR) is 59.7 cm³/mol. The van der Waals surface area contributed by atoms with Gasteiger partial charge < -0.3 is 25.5 Å². The molecule has 2 rings (SSSR count). The lowest BCUT2D eigenvalue weighted by Crippen LogP contribution is -2.47. The molecule has 1 saturated heterocycles. The molecule has 1 aromatic rings. The lowest BCUT2D eigenvalue weighted by atomic mass is 10.0. The van der Waals surface area contributed by atoms with Crippen LogP contribution in [0.4, 0.5) is 4.79 Å². The number of aromatic amines is 1. The van der Waals surface area contributed by atoms with Gasteiger partial charge in [-0.3, -0.25) is 4.79 Å². The number of nitrogens with zero attached hydrogens (tertiary/aromatic N) is 1. The largest absolute Gasteiger partial charge is 0.481 e. The molecule has 4 N–H and O–H groups in total. The smallest absolute Gasteiger partial charge is 0.315 e. The van der Waals surface area contributed by atoms with Gasteiger partial charge in [-0.15, -0.1) is 0 Å². The quantitative estimate of drug-likeness (QED) is 0.567. The molecular weight excluding hydrogens is 240 g/mol. The van der Waals surface area contributed by atoms with E-state index >= 15 is 0 Å². The fraction of sp³-hybridized carbons (Fsp3) is 0.500. The minimum Gasteiger partial charge on any atom is -0.481 e. The maximum absolute atomic E-state index is 11.6. The van der Waals surface area contributed by atoms with Gasteiger partial charge in [-0.2, -0.15) is 0 Å². The molecule has 2 amide bonds. The van der Waals surface area contributed by atoms with Crippen molar-refractivity contribution in [3.63, 3.8) is 0 Å². The van der Waals surface area contributed by atoms with Crippen LogP contribution in [0.3, 0.4) is 0 Å². The van der Waals surface area contributed by atoms with Gasteiger partial charge in [-0.25, -0.2) is 9.78 Å². The van der Waals surface area contributed by atoms with Crippen LogP contribution in [-0.2, 0) is 16.1 Å². The van der Waals surface area contributed by atoms with E-state index in [1.165, 1.54) is 6.33 Å². The SMILES string of the molecule is O=C(NCc1cnc[nH]1)NC1COCC1C(=O)O. The average molecular weight is 254 g/mol. The highest BCUT2D eigenvalue weighted by Crippen LogP contribution is 2.13. The summed E-state index contributed by atoms with van der Waals surface area (Å²) in [4.78, 5) is 29.1. The summed E-state index contributed by atoms with van der Waals surface area (Å²) in [6, 6.07) is -0.921. The highest BCUT2D eigenvalue weighted by molar-refractivity contribution is 5.77. The number of aliphatic carboxylic acids is 1. The van der Waals surface area contributed by atoms with Crippen molar-refractivity contribution in [1.29, 1.82) is 0 Å². The number of carboxylic acid groups (broad SMARTS) is 1. The van der Waals surface area contributed by atoms with Crippen molar-refractivity contribution in [2.24, 2.45) is 5.92 Å². The molecule has 1 fully saturated rings. The number of rotatable bonds is 4. The lowest BCUT2D eigenvalue weighted by molar-refractivity contribution is -0.142. The molecule has 1 aliphatic rings. The van der Waals surface area contributed by atoms with Gasteiger partial charge in [-0.05, 0) is 0 Å². The summed E-state index contributed by atoms with van der Waals surface area (Å²) in [6.07, 6.45) is 3.11. The summed E-state index contributed by atoms with van der Waals surface area (Å²) in [5.41, 5.74) is 0.766. The van der Waals surface area contributed by atoms with Crippen molar-refractivity contribution in [2.75, 3.05) is 13.2 Å². The summed E-state index contributed by atoms with van der Waals surface area (Å²) in [5, 5.41) is 14.1. The first-order chi connectivity index (χ1) is 8.66. The van der Waals surface area contributed by atoms with Crippen LogP contribution >= 0.6 is 0 Å². The highest BCUT2D eigenvalue weighted by atomic mass is 16.5. The third kappa shape index (κ3) is 2.98. The summed E-state index contributed by atoms with van der Waals surface area (Å²) < 4.78 is 5.04. The summed E-state index contributed by atoms with van der Waals surface area (Å²) in [5.74, 6) is -1.66. The van der Waals surface area contributed by atoms with Gasteiger partial charge in [0.25, 0.3) is 0 Å². The van der Waals surface area contributed by atoms with Crippen LogP contribution in [0.1, 0.15) is 5.69 Å². The molecule has 0 saturated carbocycles. The summed E-state index contributed by atoms with van der Waals surface area (Å²) >= 11 is 0. The fourth-order valence-corrected chi connectivity index (χ4v) is 1.72. The lowest BCUT2D eigenvalue weighted by Gasteiger charge is -2.15. The third-order valence-electron chi connectivity index (χ3n) is 2.71. The second-order valence-corrected chi connectivity index (χ2v) is 3.99. The van der Waals surface area contributed by atoms with Crippen LogP contribution in [0.15, 0.2) is 12.5 Å². The Morgan fingerprint density at radius 1 is 1.56 bits per heavy atom. The average Bonchev–Trinajstić information content (AvgIpc) is 2.96. The van der Waals surface area contributed by atoms with E-state index in [1.807, 2.05) is 0 Å². The highest BCUT2D eigenvalue weighted by Gasteiger charge is 2.34. The minimum absolute atomic E-state index is 0.126. The number of H-pyrrole nitrogens is 1. The molecule has 1 aromatic heterocycles. The molecule has 8 nitrogen and oxygen atoms in total. The van der Waals surface area contributed by atoms with Crippen LogP contribution in [0.2, 0.25) is 0 Å². The molecule has 98 valence electrons. The van der Waals surface area contributed by atoms with E-state index in [-0.39, 0.29) is 13.2 Å². The van der Waals surface area contributed by atoms with E-state index in [1.54, 1.807) is 6.20 Å². The topological polar surface area (TPSA) is 116 Å². The molecule has 8 heteroatoms. The molecule has 2 unspecified atom stereocenters. The van der Waals surface area contributed by atoms with Crippen LogP contribution in [0.25, 0.3) is 0 Å². The Bertz CT molecular complexity index is 420. The second-order valence-electron chi connectivity index (χ2n) is 3.99. The number of carbonyl (C=O) groups excluding carboxylic acids is 1. The van der Waals surface area contributed by atoms with Gasteiger partial charge in [0.15, 0.2) is 0 Å². The zero-order chi connectivity index (χ0) is 13.0. The van der Waals surface area contributed by atoms with Crippen molar-refractivity contribution in [3.05, 3.63) is 18.2 Å². The molecule has 0 aromatic carbocycles. The predicted octanol–water partition coefficient (Wildman–Crippen LogP) is -0.691. The normalized spacial score (nSPS) is 22.7. The number of aromatic nitrogens is 2. The standard InChI is InChI=1S/C10H14N4O4/c15-9(16)7-3-18-4-8(7)14-10(17)12-2-6-1-11-5-13-6/h1,5,7-8H,2-4H2,(H,11,13)(H,15,16)(H2,12,14,17). The van der Waals surface area contributed by atoms with Gasteiger partial charge in [0.1, 0.15) is 5.92 Å². The fourth-order valence-electron chi connectivity index (χ4n) is 1.72. The van der Waals surface area contributed by atoms with Gasteiger partial charge in [-0.1, -0.05) is 0 Å². The van der Waals surface area contributed by atoms with Crippen LogP contribution < -0.4 is 10.6 Å². The van der Waals surface area contributed by atoms with Gasteiger partial charge in [0, 0.05) is 6.20 Å². The van der Waals surface area contributed by atoms with E-state index in [4.69, 9.17) is 9.84 Å². The van der Waals surface area contributed by atoms with E-state index in [0.717, 1.165) is 5.69 Å². The van der Waals surface area contributed by atoms with Gasteiger partial charge in [0.05, 0.1) is 37.8 Å². The first kappa shape index (κ1) is 12.4. The number of nitrogens with one attached hydrogen (secondary N) is 3. The number of carbonyl (C=O) groups is 2. The van der Waals surface area contributed by atoms with Crippen molar-refractivity contribution in [3.8, 4) is 0 Å². The first-order valence-corrected chi connectivity index (χ1v) is 5.49. The van der Waals surface area contributed by atoms with Gasteiger partial charge in [0.2, 0.25) is 0 Å². The summed E-state index contributed by atoms with van der Waals surface area (Å²) in [6.45, 7) is 0.645. The van der Waals surface area contributed by atoms with Gasteiger partial charge >= 0.3 is 12.0 Å². The number of hydrogen-bond acceptors (Lipinski definition) is 4.